The van der Waals surface area contributed by atoms with Crippen molar-refractivity contribution in [2.24, 2.45) is 0 Å². The van der Waals surface area contributed by atoms with Crippen LogP contribution in [-0.2, 0) is 6.54 Å². The van der Waals surface area contributed by atoms with Gasteiger partial charge in [-0.05, 0) is 31.5 Å². The number of hydrogen-bond acceptors (Lipinski definition) is 1. The number of aromatic nitrogens is 2. The van der Waals surface area contributed by atoms with Crippen molar-refractivity contribution in [2.75, 3.05) is 0 Å². The zero-order valence-corrected chi connectivity index (χ0v) is 7.41. The van der Waals surface area contributed by atoms with Gasteiger partial charge in [-0.25, -0.2) is 4.98 Å². The minimum absolute atomic E-state index is 0.987. The maximum absolute atomic E-state index is 4.34. The SMILES string of the molecule is CCn1cc(C)c2cccnc21. The zero-order chi connectivity index (χ0) is 8.55. The molecule has 0 aliphatic rings. The Balaban J connectivity index is 2.82. The molecule has 2 heterocycles. The molecule has 12 heavy (non-hydrogen) atoms. The fourth-order valence-electron chi connectivity index (χ4n) is 1.54. The molecule has 0 atom stereocenters. The summed E-state index contributed by atoms with van der Waals surface area (Å²) >= 11 is 0. The molecule has 0 spiro atoms. The molecule has 0 aliphatic heterocycles. The summed E-state index contributed by atoms with van der Waals surface area (Å²) < 4.78 is 2.17. The number of rotatable bonds is 1. The van der Waals surface area contributed by atoms with Gasteiger partial charge in [-0.15, -0.1) is 0 Å². The molecule has 0 fully saturated rings. The van der Waals surface area contributed by atoms with Crippen LogP contribution < -0.4 is 0 Å². The van der Waals surface area contributed by atoms with Crippen molar-refractivity contribution >= 4 is 11.0 Å². The lowest BCUT2D eigenvalue weighted by Gasteiger charge is -1.96. The molecule has 0 saturated heterocycles. The summed E-state index contributed by atoms with van der Waals surface area (Å²) in [6, 6.07) is 4.10. The van der Waals surface area contributed by atoms with E-state index in [1.807, 2.05) is 12.3 Å². The van der Waals surface area contributed by atoms with Gasteiger partial charge >= 0.3 is 0 Å². The number of hydrogen-bond donors (Lipinski definition) is 0. The van der Waals surface area contributed by atoms with E-state index in [1.165, 1.54) is 10.9 Å². The Bertz CT molecular complexity index is 401. The third-order valence-corrected chi connectivity index (χ3v) is 2.17. The average Bonchev–Trinajstić information content (AvgIpc) is 2.44. The van der Waals surface area contributed by atoms with E-state index in [0.29, 0.717) is 0 Å². The van der Waals surface area contributed by atoms with Crippen molar-refractivity contribution in [1.82, 2.24) is 9.55 Å². The van der Waals surface area contributed by atoms with E-state index in [0.717, 1.165) is 12.2 Å². The van der Waals surface area contributed by atoms with Crippen molar-refractivity contribution in [3.8, 4) is 0 Å². The van der Waals surface area contributed by atoms with Crippen LogP contribution in [0.4, 0.5) is 0 Å². The van der Waals surface area contributed by atoms with E-state index in [-0.39, 0.29) is 0 Å². The summed E-state index contributed by atoms with van der Waals surface area (Å²) in [4.78, 5) is 4.34. The highest BCUT2D eigenvalue weighted by Gasteiger charge is 2.02. The second-order valence-electron chi connectivity index (χ2n) is 2.97. The van der Waals surface area contributed by atoms with Crippen LogP contribution in [0.25, 0.3) is 11.0 Å². The largest absolute Gasteiger partial charge is 0.333 e. The number of aryl methyl sites for hydroxylation is 2. The van der Waals surface area contributed by atoms with Gasteiger partial charge < -0.3 is 4.57 Å². The molecule has 2 rings (SSSR count). The minimum Gasteiger partial charge on any atom is -0.333 e. The molecule has 2 nitrogen and oxygen atoms in total. The summed E-state index contributed by atoms with van der Waals surface area (Å²) in [5.74, 6) is 0. The molecule has 2 heteroatoms. The van der Waals surface area contributed by atoms with Gasteiger partial charge in [0.2, 0.25) is 0 Å². The fourth-order valence-corrected chi connectivity index (χ4v) is 1.54. The molecule has 0 saturated carbocycles. The van der Waals surface area contributed by atoms with Gasteiger partial charge in [0, 0.05) is 24.3 Å². The van der Waals surface area contributed by atoms with E-state index in [4.69, 9.17) is 0 Å². The molecule has 2 aromatic rings. The molecule has 0 amide bonds. The van der Waals surface area contributed by atoms with Crippen LogP contribution in [0, 0.1) is 6.92 Å². The molecule has 0 N–H and O–H groups in total. The van der Waals surface area contributed by atoms with Crippen molar-refractivity contribution in [2.45, 2.75) is 20.4 Å². The Labute approximate surface area is 71.8 Å². The van der Waals surface area contributed by atoms with Crippen LogP contribution in [0.15, 0.2) is 24.5 Å². The Kier molecular flexibility index (Phi) is 1.61. The van der Waals surface area contributed by atoms with E-state index in [1.54, 1.807) is 0 Å². The lowest BCUT2D eigenvalue weighted by molar-refractivity contribution is 0.785. The molecule has 2 aromatic heterocycles. The second-order valence-corrected chi connectivity index (χ2v) is 2.97. The molecular weight excluding hydrogens is 148 g/mol. The van der Waals surface area contributed by atoms with Gasteiger partial charge in [-0.1, -0.05) is 0 Å². The first-order valence-electron chi connectivity index (χ1n) is 4.23. The summed E-state index contributed by atoms with van der Waals surface area (Å²) in [6.45, 7) is 5.24. The third-order valence-electron chi connectivity index (χ3n) is 2.17. The first-order valence-corrected chi connectivity index (χ1v) is 4.23. The van der Waals surface area contributed by atoms with Crippen LogP contribution >= 0.6 is 0 Å². The highest BCUT2D eigenvalue weighted by molar-refractivity contribution is 5.79. The maximum atomic E-state index is 4.34. The van der Waals surface area contributed by atoms with Gasteiger partial charge in [0.05, 0.1) is 0 Å². The van der Waals surface area contributed by atoms with E-state index in [9.17, 15) is 0 Å². The van der Waals surface area contributed by atoms with E-state index in [2.05, 4.69) is 35.7 Å². The second kappa shape index (κ2) is 2.63. The van der Waals surface area contributed by atoms with Crippen molar-refractivity contribution in [1.29, 1.82) is 0 Å². The summed E-state index contributed by atoms with van der Waals surface area (Å²) in [7, 11) is 0. The number of fused-ring (bicyclic) bond motifs is 1. The normalized spacial score (nSPS) is 10.8. The smallest absolute Gasteiger partial charge is 0.140 e. The summed E-state index contributed by atoms with van der Waals surface area (Å²) in [6.07, 6.45) is 3.99. The summed E-state index contributed by atoms with van der Waals surface area (Å²) in [5, 5.41) is 1.26. The van der Waals surface area contributed by atoms with Crippen LogP contribution in [0.3, 0.4) is 0 Å². The van der Waals surface area contributed by atoms with Crippen LogP contribution in [0.2, 0.25) is 0 Å². The Morgan fingerprint density at radius 3 is 3.08 bits per heavy atom. The van der Waals surface area contributed by atoms with Gasteiger partial charge in [-0.3, -0.25) is 0 Å². The monoisotopic (exact) mass is 160 g/mol. The van der Waals surface area contributed by atoms with Crippen molar-refractivity contribution in [3.63, 3.8) is 0 Å². The topological polar surface area (TPSA) is 17.8 Å². The lowest BCUT2D eigenvalue weighted by atomic mass is 10.2. The number of pyridine rings is 1. The van der Waals surface area contributed by atoms with Crippen LogP contribution in [0.5, 0.6) is 0 Å². The summed E-state index contributed by atoms with van der Waals surface area (Å²) in [5.41, 5.74) is 2.40. The Hall–Kier alpha value is -1.31. The van der Waals surface area contributed by atoms with Gasteiger partial charge in [0.25, 0.3) is 0 Å². The zero-order valence-electron chi connectivity index (χ0n) is 7.41. The predicted molar refractivity (Wildman–Crippen MR) is 50.1 cm³/mol. The van der Waals surface area contributed by atoms with E-state index >= 15 is 0 Å². The highest BCUT2D eigenvalue weighted by atomic mass is 15.0. The molecule has 62 valence electrons. The Morgan fingerprint density at radius 1 is 1.50 bits per heavy atom. The van der Waals surface area contributed by atoms with Crippen molar-refractivity contribution in [3.05, 3.63) is 30.1 Å². The predicted octanol–water partition coefficient (Wildman–Crippen LogP) is 2.36. The molecule has 0 bridgehead atoms. The first-order chi connectivity index (χ1) is 5.83. The van der Waals surface area contributed by atoms with Crippen molar-refractivity contribution < 1.29 is 0 Å². The minimum atomic E-state index is 0.987. The molecule has 0 unspecified atom stereocenters. The standard InChI is InChI=1S/C10H12N2/c1-3-12-7-8(2)9-5-4-6-11-10(9)12/h4-7H,3H2,1-2H3. The van der Waals surface area contributed by atoms with Crippen LogP contribution in [-0.4, -0.2) is 9.55 Å². The van der Waals surface area contributed by atoms with Crippen LogP contribution in [0.1, 0.15) is 12.5 Å². The molecule has 0 aliphatic carbocycles. The highest BCUT2D eigenvalue weighted by Crippen LogP contribution is 2.17. The quantitative estimate of drug-likeness (QED) is 0.626. The fraction of sp³-hybridized carbons (Fsp3) is 0.300. The number of nitrogens with zero attached hydrogens (tertiary/aromatic N) is 2. The Morgan fingerprint density at radius 2 is 2.33 bits per heavy atom. The van der Waals surface area contributed by atoms with Gasteiger partial charge in [0.1, 0.15) is 5.65 Å². The molecule has 0 radical (unpaired) electrons. The third kappa shape index (κ3) is 0.916. The molecule has 0 aromatic carbocycles. The average molecular weight is 160 g/mol. The van der Waals surface area contributed by atoms with Gasteiger partial charge in [-0.2, -0.15) is 0 Å². The maximum Gasteiger partial charge on any atom is 0.140 e. The van der Waals surface area contributed by atoms with E-state index < -0.39 is 0 Å². The lowest BCUT2D eigenvalue weighted by Crippen LogP contribution is -1.91. The first kappa shape index (κ1) is 7.35. The van der Waals surface area contributed by atoms with Gasteiger partial charge in [0.15, 0.2) is 0 Å². The molecular formula is C10H12N2.